The van der Waals surface area contributed by atoms with Crippen molar-refractivity contribution in [3.05, 3.63) is 0 Å². The first kappa shape index (κ1) is 18.2. The Balaban J connectivity index is 1.82. The molecule has 3 rings (SSSR count). The Bertz CT molecular complexity index is 580. The van der Waals surface area contributed by atoms with Gasteiger partial charge >= 0.3 is 0 Å². The van der Waals surface area contributed by atoms with Gasteiger partial charge in [0, 0.05) is 6.42 Å². The number of rotatable bonds is 3. The van der Waals surface area contributed by atoms with Gasteiger partial charge in [0.25, 0.3) is 0 Å². The average Bonchev–Trinajstić information content (AvgIpc) is 2.61. The second-order valence-corrected chi connectivity index (χ2v) is 7.65. The van der Waals surface area contributed by atoms with E-state index in [2.05, 4.69) is 22.5 Å². The minimum atomic E-state index is -0.841. The molecule has 2 aliphatic heterocycles. The van der Waals surface area contributed by atoms with Gasteiger partial charge in [-0.3, -0.25) is 9.59 Å². The number of hydrogen-bond donors (Lipinski definition) is 3. The summed E-state index contributed by atoms with van der Waals surface area (Å²) >= 11 is 0. The fraction of sp³-hybridized carbons (Fsp3) is 0.789. The van der Waals surface area contributed by atoms with Crippen LogP contribution in [0.15, 0.2) is 0 Å². The van der Waals surface area contributed by atoms with Crippen molar-refractivity contribution in [1.82, 2.24) is 15.5 Å². The van der Waals surface area contributed by atoms with E-state index in [1.54, 1.807) is 11.8 Å². The number of aliphatic hydroxyl groups is 1. The van der Waals surface area contributed by atoms with Crippen molar-refractivity contribution in [2.75, 3.05) is 19.6 Å². The lowest BCUT2D eigenvalue weighted by atomic mass is 9.77. The van der Waals surface area contributed by atoms with Crippen LogP contribution in [0.4, 0.5) is 0 Å². The predicted octanol–water partition coefficient (Wildman–Crippen LogP) is 0.544. The summed E-state index contributed by atoms with van der Waals surface area (Å²) in [5, 5.41) is 17.0. The lowest BCUT2D eigenvalue weighted by Crippen LogP contribution is -2.73. The van der Waals surface area contributed by atoms with Gasteiger partial charge in [-0.1, -0.05) is 25.2 Å². The monoisotopic (exact) mass is 347 g/mol. The molecule has 0 aromatic rings. The minimum absolute atomic E-state index is 0.0871. The molecule has 3 N–H and O–H groups in total. The van der Waals surface area contributed by atoms with Gasteiger partial charge in [-0.15, -0.1) is 5.92 Å². The molecule has 1 aliphatic carbocycles. The van der Waals surface area contributed by atoms with E-state index in [1.807, 2.05) is 0 Å². The Morgan fingerprint density at radius 3 is 2.48 bits per heavy atom. The summed E-state index contributed by atoms with van der Waals surface area (Å²) in [6.07, 6.45) is 6.01. The van der Waals surface area contributed by atoms with Crippen LogP contribution in [0.3, 0.4) is 0 Å². The highest BCUT2D eigenvalue weighted by atomic mass is 16.3. The second kappa shape index (κ2) is 7.35. The third kappa shape index (κ3) is 3.54. The first-order valence-electron chi connectivity index (χ1n) is 9.46. The van der Waals surface area contributed by atoms with Gasteiger partial charge in [0.2, 0.25) is 11.8 Å². The first-order chi connectivity index (χ1) is 12.0. The summed E-state index contributed by atoms with van der Waals surface area (Å²) in [5.41, 5.74) is -1.63. The molecule has 138 valence electrons. The summed E-state index contributed by atoms with van der Waals surface area (Å²) < 4.78 is 0. The topological polar surface area (TPSA) is 81.7 Å². The van der Waals surface area contributed by atoms with E-state index in [1.165, 1.54) is 0 Å². The number of hydrogen-bond acceptors (Lipinski definition) is 4. The van der Waals surface area contributed by atoms with Gasteiger partial charge in [0.05, 0.1) is 12.1 Å². The summed E-state index contributed by atoms with van der Waals surface area (Å²) in [7, 11) is 0. The molecule has 25 heavy (non-hydrogen) atoms. The quantitative estimate of drug-likeness (QED) is 0.651. The van der Waals surface area contributed by atoms with Crippen LogP contribution in [0.5, 0.6) is 0 Å². The number of piperidine rings is 1. The van der Waals surface area contributed by atoms with Crippen molar-refractivity contribution in [3.63, 3.8) is 0 Å². The molecule has 6 heteroatoms. The molecule has 0 radical (unpaired) electrons. The molecule has 1 spiro atoms. The number of piperazine rings is 1. The lowest BCUT2D eigenvalue weighted by Gasteiger charge is -2.50. The fourth-order valence-electron chi connectivity index (χ4n) is 4.53. The van der Waals surface area contributed by atoms with Gasteiger partial charge < -0.3 is 20.6 Å². The van der Waals surface area contributed by atoms with Crippen molar-refractivity contribution in [2.24, 2.45) is 0 Å². The molecular weight excluding hydrogens is 318 g/mol. The molecular formula is C19H29N3O3. The highest BCUT2D eigenvalue weighted by molar-refractivity contribution is 6.00. The van der Waals surface area contributed by atoms with Crippen LogP contribution in [0.1, 0.15) is 58.3 Å². The van der Waals surface area contributed by atoms with E-state index in [4.69, 9.17) is 0 Å². The van der Waals surface area contributed by atoms with E-state index in [9.17, 15) is 14.7 Å². The van der Waals surface area contributed by atoms with E-state index >= 15 is 0 Å². The number of carbonyl (C=O) groups excluding carboxylic acids is 2. The Kier molecular flexibility index (Phi) is 5.35. The number of nitrogens with one attached hydrogen (secondary N) is 2. The zero-order valence-corrected chi connectivity index (χ0v) is 15.1. The molecule has 0 unspecified atom stereocenters. The molecule has 2 saturated heterocycles. The third-order valence-electron chi connectivity index (χ3n) is 6.02. The molecule has 3 fully saturated rings. The molecule has 3 aliphatic rings. The average molecular weight is 347 g/mol. The van der Waals surface area contributed by atoms with Crippen molar-refractivity contribution in [3.8, 4) is 11.8 Å². The zero-order valence-electron chi connectivity index (χ0n) is 15.1. The molecule has 6 nitrogen and oxygen atoms in total. The molecule has 2 heterocycles. The van der Waals surface area contributed by atoms with E-state index < -0.39 is 17.2 Å². The normalized spacial score (nSPS) is 28.2. The fourth-order valence-corrected chi connectivity index (χ4v) is 4.53. The molecule has 1 atom stereocenters. The van der Waals surface area contributed by atoms with Crippen molar-refractivity contribution in [1.29, 1.82) is 0 Å². The van der Waals surface area contributed by atoms with Crippen molar-refractivity contribution >= 4 is 11.8 Å². The number of nitrogens with zero attached hydrogens (tertiary/aromatic N) is 1. The standard InChI is InChI=1S/C19H29N3O3/c1-2-3-13-22-16(23)15(14-18(25)7-5-4-6-8-18)21-17(24)19(22)9-11-20-12-10-19/h15,20,25H,4-14H2,1H3,(H,21,24)/t15-/m1/s1. The Hall–Kier alpha value is -1.58. The van der Waals surface area contributed by atoms with Gasteiger partial charge in [-0.05, 0) is 45.7 Å². The Morgan fingerprint density at radius 1 is 1.16 bits per heavy atom. The van der Waals surface area contributed by atoms with Crippen LogP contribution in [0, 0.1) is 11.8 Å². The summed E-state index contributed by atoms with van der Waals surface area (Å²) in [6, 6.07) is -0.644. The van der Waals surface area contributed by atoms with E-state index in [0.29, 0.717) is 45.2 Å². The van der Waals surface area contributed by atoms with Crippen LogP contribution in [-0.2, 0) is 9.59 Å². The number of amides is 2. The highest BCUT2D eigenvalue weighted by Gasteiger charge is 2.53. The van der Waals surface area contributed by atoms with Crippen molar-refractivity contribution < 1.29 is 14.7 Å². The van der Waals surface area contributed by atoms with Gasteiger partial charge in [-0.2, -0.15) is 0 Å². The maximum Gasteiger partial charge on any atom is 0.246 e. The summed E-state index contributed by atoms with van der Waals surface area (Å²) in [6.45, 7) is 3.44. The van der Waals surface area contributed by atoms with Crippen LogP contribution in [-0.4, -0.2) is 58.6 Å². The molecule has 2 amide bonds. The largest absolute Gasteiger partial charge is 0.390 e. The maximum atomic E-state index is 13.2. The van der Waals surface area contributed by atoms with Crippen LogP contribution in [0.2, 0.25) is 0 Å². The lowest BCUT2D eigenvalue weighted by molar-refractivity contribution is -0.160. The molecule has 0 aromatic heterocycles. The molecule has 0 aromatic carbocycles. The summed E-state index contributed by atoms with van der Waals surface area (Å²) in [5.74, 6) is 5.62. The van der Waals surface area contributed by atoms with Crippen LogP contribution in [0.25, 0.3) is 0 Å². The molecule has 1 saturated carbocycles. The summed E-state index contributed by atoms with van der Waals surface area (Å²) in [4.78, 5) is 27.8. The number of carbonyl (C=O) groups is 2. The van der Waals surface area contributed by atoms with E-state index in [0.717, 1.165) is 19.3 Å². The first-order valence-corrected chi connectivity index (χ1v) is 9.46. The smallest absolute Gasteiger partial charge is 0.246 e. The Morgan fingerprint density at radius 2 is 1.84 bits per heavy atom. The second-order valence-electron chi connectivity index (χ2n) is 7.65. The highest BCUT2D eigenvalue weighted by Crippen LogP contribution is 2.36. The molecule has 0 bridgehead atoms. The van der Waals surface area contributed by atoms with Crippen LogP contribution < -0.4 is 10.6 Å². The Labute approximate surface area is 149 Å². The van der Waals surface area contributed by atoms with Gasteiger partial charge in [0.1, 0.15) is 11.6 Å². The van der Waals surface area contributed by atoms with Crippen LogP contribution >= 0.6 is 0 Å². The minimum Gasteiger partial charge on any atom is -0.390 e. The SMILES string of the molecule is CC#CCN1C(=O)[C@@H](CC2(O)CCCCC2)NC(=O)C12CCNCC2. The third-order valence-corrected chi connectivity index (χ3v) is 6.02. The van der Waals surface area contributed by atoms with E-state index in [-0.39, 0.29) is 18.4 Å². The maximum absolute atomic E-state index is 13.2. The predicted molar refractivity (Wildman–Crippen MR) is 94.6 cm³/mol. The van der Waals surface area contributed by atoms with Gasteiger partial charge in [0.15, 0.2) is 0 Å². The zero-order chi connectivity index (χ0) is 17.9. The van der Waals surface area contributed by atoms with Crippen molar-refractivity contribution in [2.45, 2.75) is 75.5 Å². The van der Waals surface area contributed by atoms with Gasteiger partial charge in [-0.25, -0.2) is 0 Å².